The van der Waals surface area contributed by atoms with E-state index in [-0.39, 0.29) is 18.4 Å². The van der Waals surface area contributed by atoms with Crippen LogP contribution in [0.25, 0.3) is 15.7 Å². The highest BCUT2D eigenvalue weighted by molar-refractivity contribution is 7.20. The number of nitrogens with one attached hydrogen (secondary N) is 1. The second kappa shape index (κ2) is 6.39. The summed E-state index contributed by atoms with van der Waals surface area (Å²) in [5.74, 6) is -0.260. The van der Waals surface area contributed by atoms with Crippen LogP contribution in [0.15, 0.2) is 30.3 Å². The van der Waals surface area contributed by atoms with E-state index in [0.29, 0.717) is 4.88 Å². The average molecular weight is 310 g/mol. The number of hydrogen-bond acceptors (Lipinski definition) is 4. The van der Waals surface area contributed by atoms with E-state index in [4.69, 9.17) is 4.74 Å². The molecule has 0 amide bonds. The average Bonchev–Trinajstić information content (AvgIpc) is 2.90. The number of thiophene rings is 1. The van der Waals surface area contributed by atoms with E-state index in [2.05, 4.69) is 29.6 Å². The number of hydrogen-bond donors (Lipinski definition) is 1. The van der Waals surface area contributed by atoms with E-state index < -0.39 is 0 Å². The van der Waals surface area contributed by atoms with Crippen molar-refractivity contribution in [3.05, 3.63) is 40.8 Å². The summed E-state index contributed by atoms with van der Waals surface area (Å²) in [4.78, 5) is 12.2. The summed E-state index contributed by atoms with van der Waals surface area (Å²) in [6.45, 7) is 1.96. The zero-order valence-corrected chi connectivity index (χ0v) is 12.8. The van der Waals surface area contributed by atoms with Crippen LogP contribution in [0.2, 0.25) is 0 Å². The van der Waals surface area contributed by atoms with Crippen LogP contribution < -0.4 is 5.32 Å². The summed E-state index contributed by atoms with van der Waals surface area (Å²) >= 11 is 1.48. The van der Waals surface area contributed by atoms with Gasteiger partial charge in [-0.25, -0.2) is 4.79 Å². The lowest BCUT2D eigenvalue weighted by atomic mass is 9.99. The van der Waals surface area contributed by atoms with Crippen molar-refractivity contribution >= 4 is 45.4 Å². The Labute approximate surface area is 128 Å². The largest absolute Gasteiger partial charge is 0.465 e. The minimum atomic E-state index is -0.260. The molecule has 1 aliphatic heterocycles. The summed E-state index contributed by atoms with van der Waals surface area (Å²) in [7, 11) is 1.41. The molecule has 0 bridgehead atoms. The number of carbonyl (C=O) groups excluding carboxylic acids is 1. The molecule has 0 fully saturated rings. The minimum absolute atomic E-state index is 0. The van der Waals surface area contributed by atoms with Gasteiger partial charge in [0.05, 0.1) is 7.11 Å². The summed E-state index contributed by atoms with van der Waals surface area (Å²) in [6, 6.07) is 8.30. The maximum absolute atomic E-state index is 11.5. The zero-order valence-electron chi connectivity index (χ0n) is 11.1. The van der Waals surface area contributed by atoms with Crippen LogP contribution in [0, 0.1) is 0 Å². The maximum Gasteiger partial charge on any atom is 0.348 e. The standard InChI is InChI=1S/C15H15NO2S.ClH/c1-18-15(17)14-9-12-8-11(2-3-13(12)19-14)10-4-6-16-7-5-10;/h2-4,8-9,16H,5-7H2,1H3;1H. The highest BCUT2D eigenvalue weighted by atomic mass is 35.5. The minimum Gasteiger partial charge on any atom is -0.465 e. The maximum atomic E-state index is 11.5. The van der Waals surface area contributed by atoms with Crippen molar-refractivity contribution in [2.45, 2.75) is 6.42 Å². The number of rotatable bonds is 2. The normalized spacial score (nSPS) is 14.6. The van der Waals surface area contributed by atoms with E-state index in [0.717, 1.165) is 29.6 Å². The molecule has 1 aliphatic rings. The lowest BCUT2D eigenvalue weighted by Crippen LogP contribution is -2.19. The molecule has 106 valence electrons. The van der Waals surface area contributed by atoms with Crippen molar-refractivity contribution in [2.75, 3.05) is 20.2 Å². The highest BCUT2D eigenvalue weighted by Gasteiger charge is 2.12. The molecule has 0 spiro atoms. The lowest BCUT2D eigenvalue weighted by Gasteiger charge is -2.14. The predicted octanol–water partition coefficient (Wildman–Crippen LogP) is 3.49. The van der Waals surface area contributed by atoms with Crippen molar-refractivity contribution in [3.8, 4) is 0 Å². The number of benzene rings is 1. The first kappa shape index (κ1) is 15.0. The first-order valence-corrected chi connectivity index (χ1v) is 7.11. The quantitative estimate of drug-likeness (QED) is 0.863. The van der Waals surface area contributed by atoms with Crippen LogP contribution in [0.4, 0.5) is 0 Å². The molecule has 5 heteroatoms. The van der Waals surface area contributed by atoms with E-state index in [1.54, 1.807) is 0 Å². The van der Waals surface area contributed by atoms with E-state index in [1.807, 2.05) is 6.07 Å². The fourth-order valence-electron chi connectivity index (χ4n) is 2.33. The second-order valence-corrected chi connectivity index (χ2v) is 5.62. The van der Waals surface area contributed by atoms with Gasteiger partial charge in [-0.05, 0) is 47.7 Å². The number of esters is 1. The van der Waals surface area contributed by atoms with Gasteiger partial charge in [-0.3, -0.25) is 0 Å². The molecule has 0 saturated carbocycles. The van der Waals surface area contributed by atoms with Gasteiger partial charge in [-0.2, -0.15) is 0 Å². The van der Waals surface area contributed by atoms with E-state index in [9.17, 15) is 4.79 Å². The molecule has 0 atom stereocenters. The first-order valence-electron chi connectivity index (χ1n) is 6.30. The molecule has 2 heterocycles. The molecule has 0 unspecified atom stereocenters. The van der Waals surface area contributed by atoms with Crippen LogP contribution in [-0.2, 0) is 4.74 Å². The molecule has 0 aliphatic carbocycles. The number of carbonyl (C=O) groups is 1. The Bertz CT molecular complexity index is 663. The van der Waals surface area contributed by atoms with Gasteiger partial charge in [0.2, 0.25) is 0 Å². The van der Waals surface area contributed by atoms with Gasteiger partial charge in [0.25, 0.3) is 0 Å². The fourth-order valence-corrected chi connectivity index (χ4v) is 3.29. The molecule has 1 aromatic heterocycles. The van der Waals surface area contributed by atoms with Gasteiger partial charge in [-0.15, -0.1) is 23.7 Å². The van der Waals surface area contributed by atoms with Crippen LogP contribution in [0.1, 0.15) is 21.7 Å². The third-order valence-corrected chi connectivity index (χ3v) is 4.43. The van der Waals surface area contributed by atoms with Gasteiger partial charge >= 0.3 is 5.97 Å². The van der Waals surface area contributed by atoms with Gasteiger partial charge in [0.1, 0.15) is 4.88 Å². The monoisotopic (exact) mass is 309 g/mol. The van der Waals surface area contributed by atoms with E-state index >= 15 is 0 Å². The Morgan fingerprint density at radius 3 is 2.90 bits per heavy atom. The van der Waals surface area contributed by atoms with Gasteiger partial charge < -0.3 is 10.1 Å². The summed E-state index contributed by atoms with van der Waals surface area (Å²) in [5, 5.41) is 4.43. The molecule has 3 rings (SSSR count). The molecule has 1 N–H and O–H groups in total. The zero-order chi connectivity index (χ0) is 13.2. The van der Waals surface area contributed by atoms with Crippen LogP contribution >= 0.6 is 23.7 Å². The number of fused-ring (bicyclic) bond motifs is 1. The Kier molecular flexibility index (Phi) is 4.81. The van der Waals surface area contributed by atoms with Crippen molar-refractivity contribution in [1.29, 1.82) is 0 Å². The van der Waals surface area contributed by atoms with Crippen LogP contribution in [0.5, 0.6) is 0 Å². The number of ether oxygens (including phenoxy) is 1. The molecule has 20 heavy (non-hydrogen) atoms. The topological polar surface area (TPSA) is 38.3 Å². The summed E-state index contributed by atoms with van der Waals surface area (Å²) in [5.41, 5.74) is 2.63. The SMILES string of the molecule is COC(=O)c1cc2cc(C3=CCNCC3)ccc2s1.Cl. The molecule has 0 saturated heterocycles. The van der Waals surface area contributed by atoms with Gasteiger partial charge in [0.15, 0.2) is 0 Å². The van der Waals surface area contributed by atoms with E-state index in [1.165, 1.54) is 29.6 Å². The van der Waals surface area contributed by atoms with Crippen molar-refractivity contribution in [1.82, 2.24) is 5.32 Å². The van der Waals surface area contributed by atoms with Gasteiger partial charge in [-0.1, -0.05) is 12.1 Å². The van der Waals surface area contributed by atoms with Crippen LogP contribution in [-0.4, -0.2) is 26.2 Å². The van der Waals surface area contributed by atoms with Crippen molar-refractivity contribution < 1.29 is 9.53 Å². The summed E-state index contributed by atoms with van der Waals surface area (Å²) < 4.78 is 5.89. The summed E-state index contributed by atoms with van der Waals surface area (Å²) in [6.07, 6.45) is 3.29. The Morgan fingerprint density at radius 2 is 2.20 bits per heavy atom. The molecule has 1 aromatic carbocycles. The Balaban J connectivity index is 0.00000147. The highest BCUT2D eigenvalue weighted by Crippen LogP contribution is 2.30. The molecular weight excluding hydrogens is 294 g/mol. The first-order chi connectivity index (χ1) is 9.28. The number of methoxy groups -OCH3 is 1. The Hall–Kier alpha value is -1.36. The second-order valence-electron chi connectivity index (χ2n) is 4.54. The molecule has 2 aromatic rings. The fraction of sp³-hybridized carbons (Fsp3) is 0.267. The third-order valence-electron chi connectivity index (χ3n) is 3.34. The molecule has 0 radical (unpaired) electrons. The van der Waals surface area contributed by atoms with Crippen molar-refractivity contribution in [2.24, 2.45) is 0 Å². The number of halogens is 1. The van der Waals surface area contributed by atoms with Crippen molar-refractivity contribution in [3.63, 3.8) is 0 Å². The smallest absolute Gasteiger partial charge is 0.348 e. The third kappa shape index (κ3) is 2.87. The molecular formula is C15H16ClNO2S. The Morgan fingerprint density at radius 1 is 1.35 bits per heavy atom. The molecule has 3 nitrogen and oxygen atoms in total. The van der Waals surface area contributed by atoms with Crippen LogP contribution in [0.3, 0.4) is 0 Å². The van der Waals surface area contributed by atoms with Gasteiger partial charge in [0, 0.05) is 11.2 Å². The predicted molar refractivity (Wildman–Crippen MR) is 85.9 cm³/mol. The lowest BCUT2D eigenvalue weighted by molar-refractivity contribution is 0.0606.